The molecule has 2 N–H and O–H groups in total. The Morgan fingerprint density at radius 3 is 2.80 bits per heavy atom. The van der Waals surface area contributed by atoms with Crippen LogP contribution in [0.4, 0.5) is 0 Å². The van der Waals surface area contributed by atoms with Crippen LogP contribution in [0.3, 0.4) is 0 Å². The molecule has 10 heteroatoms. The average molecular weight is 445 g/mol. The summed E-state index contributed by atoms with van der Waals surface area (Å²) in [5.41, 5.74) is 1.34. The highest BCUT2D eigenvalue weighted by Gasteiger charge is 2.25. The van der Waals surface area contributed by atoms with Gasteiger partial charge in [0, 0.05) is 11.8 Å². The van der Waals surface area contributed by atoms with Gasteiger partial charge in [0.1, 0.15) is 16.6 Å². The fourth-order valence-electron chi connectivity index (χ4n) is 2.95. The van der Waals surface area contributed by atoms with Crippen LogP contribution < -0.4 is 5.32 Å². The Labute approximate surface area is 180 Å². The SMILES string of the molecule is CCOC(=O)c1nnc([C@H](Cc2ccccc2)NC(=O)c2cc3cc(Cl)sc3[nH]2)o1. The van der Waals surface area contributed by atoms with Gasteiger partial charge in [0.15, 0.2) is 0 Å². The van der Waals surface area contributed by atoms with Gasteiger partial charge in [-0.15, -0.1) is 21.5 Å². The van der Waals surface area contributed by atoms with Crippen molar-refractivity contribution in [3.05, 3.63) is 69.8 Å². The molecule has 1 atom stereocenters. The van der Waals surface area contributed by atoms with E-state index in [1.54, 1.807) is 19.1 Å². The first-order valence-corrected chi connectivity index (χ1v) is 10.4. The summed E-state index contributed by atoms with van der Waals surface area (Å²) < 4.78 is 11.0. The van der Waals surface area contributed by atoms with E-state index in [9.17, 15) is 9.59 Å². The molecule has 0 aliphatic carbocycles. The van der Waals surface area contributed by atoms with Gasteiger partial charge < -0.3 is 19.5 Å². The van der Waals surface area contributed by atoms with E-state index in [1.807, 2.05) is 30.3 Å². The van der Waals surface area contributed by atoms with Gasteiger partial charge in [0.25, 0.3) is 5.91 Å². The van der Waals surface area contributed by atoms with Crippen LogP contribution in [0.2, 0.25) is 4.34 Å². The van der Waals surface area contributed by atoms with Gasteiger partial charge in [-0.05, 0) is 24.6 Å². The summed E-state index contributed by atoms with van der Waals surface area (Å²) in [6, 6.07) is 12.4. The maximum atomic E-state index is 12.9. The molecule has 1 amide bonds. The van der Waals surface area contributed by atoms with E-state index in [4.69, 9.17) is 20.8 Å². The summed E-state index contributed by atoms with van der Waals surface area (Å²) in [5, 5.41) is 11.5. The molecule has 0 aliphatic rings. The second-order valence-corrected chi connectivity index (χ2v) is 8.08. The molecule has 0 spiro atoms. The Bertz CT molecular complexity index is 1150. The van der Waals surface area contributed by atoms with Crippen molar-refractivity contribution in [2.75, 3.05) is 6.61 Å². The number of aromatic amines is 1. The lowest BCUT2D eigenvalue weighted by molar-refractivity contribution is 0.0478. The van der Waals surface area contributed by atoms with E-state index >= 15 is 0 Å². The summed E-state index contributed by atoms with van der Waals surface area (Å²) in [5.74, 6) is -1.19. The highest BCUT2D eigenvalue weighted by atomic mass is 35.5. The van der Waals surface area contributed by atoms with Gasteiger partial charge in [-0.1, -0.05) is 41.9 Å². The van der Waals surface area contributed by atoms with Crippen molar-refractivity contribution in [3.63, 3.8) is 0 Å². The number of carbonyl (C=O) groups is 2. The monoisotopic (exact) mass is 444 g/mol. The van der Waals surface area contributed by atoms with Crippen LogP contribution in [-0.2, 0) is 11.2 Å². The highest BCUT2D eigenvalue weighted by Crippen LogP contribution is 2.29. The third-order valence-electron chi connectivity index (χ3n) is 4.30. The van der Waals surface area contributed by atoms with Gasteiger partial charge >= 0.3 is 11.9 Å². The molecule has 154 valence electrons. The van der Waals surface area contributed by atoms with Crippen molar-refractivity contribution in [1.82, 2.24) is 20.5 Å². The number of esters is 1. The number of nitrogens with one attached hydrogen (secondary N) is 2. The number of carbonyl (C=O) groups excluding carboxylic acids is 2. The topological polar surface area (TPSA) is 110 Å². The summed E-state index contributed by atoms with van der Waals surface area (Å²) in [6.07, 6.45) is 0.401. The number of halogens is 1. The highest BCUT2D eigenvalue weighted by molar-refractivity contribution is 7.22. The fourth-order valence-corrected chi connectivity index (χ4v) is 4.08. The van der Waals surface area contributed by atoms with Crippen molar-refractivity contribution in [2.45, 2.75) is 19.4 Å². The van der Waals surface area contributed by atoms with Crippen molar-refractivity contribution in [1.29, 1.82) is 0 Å². The minimum atomic E-state index is -0.706. The maximum absolute atomic E-state index is 12.9. The summed E-state index contributed by atoms with van der Waals surface area (Å²) in [7, 11) is 0. The van der Waals surface area contributed by atoms with Crippen LogP contribution in [0, 0.1) is 0 Å². The standard InChI is InChI=1S/C20H17ClN4O4S/c1-2-28-20(27)18-25-24-17(29-18)14(8-11-6-4-3-5-7-11)22-16(26)13-9-12-10-15(21)30-19(12)23-13/h3-7,9-10,14,23H,2,8H2,1H3,(H,22,26)/t14-/m0/s1. The zero-order valence-electron chi connectivity index (χ0n) is 15.8. The van der Waals surface area contributed by atoms with Gasteiger partial charge in [-0.2, -0.15) is 0 Å². The number of benzene rings is 1. The van der Waals surface area contributed by atoms with Crippen LogP contribution in [0.15, 0.2) is 46.9 Å². The number of rotatable bonds is 7. The summed E-state index contributed by atoms with van der Waals surface area (Å²) >= 11 is 7.35. The smallest absolute Gasteiger partial charge is 0.396 e. The molecular weight excluding hydrogens is 428 g/mol. The average Bonchev–Trinajstić information content (AvgIpc) is 3.43. The first-order valence-electron chi connectivity index (χ1n) is 9.17. The molecule has 8 nitrogen and oxygen atoms in total. The van der Waals surface area contributed by atoms with E-state index in [-0.39, 0.29) is 24.3 Å². The molecule has 0 fully saturated rings. The van der Waals surface area contributed by atoms with Crippen LogP contribution in [0.1, 0.15) is 45.6 Å². The fraction of sp³-hybridized carbons (Fsp3) is 0.200. The molecule has 0 aliphatic heterocycles. The lowest BCUT2D eigenvalue weighted by Crippen LogP contribution is -2.30. The van der Waals surface area contributed by atoms with Gasteiger partial charge in [0.05, 0.1) is 10.9 Å². The van der Waals surface area contributed by atoms with Gasteiger partial charge in [0.2, 0.25) is 5.89 Å². The van der Waals surface area contributed by atoms with Crippen LogP contribution in [-0.4, -0.2) is 33.7 Å². The molecular formula is C20H17ClN4O4S. The van der Waals surface area contributed by atoms with Crippen molar-refractivity contribution < 1.29 is 18.7 Å². The Hall–Kier alpha value is -3.17. The number of thiophene rings is 1. The minimum Gasteiger partial charge on any atom is -0.459 e. The minimum absolute atomic E-state index is 0.117. The number of amides is 1. The molecule has 4 aromatic rings. The number of nitrogens with zero attached hydrogens (tertiary/aromatic N) is 2. The maximum Gasteiger partial charge on any atom is 0.396 e. The molecule has 0 saturated heterocycles. The zero-order valence-corrected chi connectivity index (χ0v) is 17.4. The number of fused-ring (bicyclic) bond motifs is 1. The largest absolute Gasteiger partial charge is 0.459 e. The van der Waals surface area contributed by atoms with E-state index in [1.165, 1.54) is 11.3 Å². The Morgan fingerprint density at radius 2 is 2.07 bits per heavy atom. The molecule has 3 heterocycles. The lowest BCUT2D eigenvalue weighted by Gasteiger charge is -2.15. The number of H-pyrrole nitrogens is 1. The van der Waals surface area contributed by atoms with E-state index < -0.39 is 12.0 Å². The van der Waals surface area contributed by atoms with Gasteiger partial charge in [-0.25, -0.2) is 4.79 Å². The van der Waals surface area contributed by atoms with Gasteiger partial charge in [-0.3, -0.25) is 4.79 Å². The quantitative estimate of drug-likeness (QED) is 0.414. The Kier molecular flexibility index (Phi) is 5.82. The first kappa shape index (κ1) is 20.1. The predicted molar refractivity (Wildman–Crippen MR) is 112 cm³/mol. The third-order valence-corrected chi connectivity index (χ3v) is 5.50. The van der Waals surface area contributed by atoms with Crippen molar-refractivity contribution in [2.24, 2.45) is 0 Å². The predicted octanol–water partition coefficient (Wildman–Crippen LogP) is 4.16. The molecule has 0 unspecified atom stereocenters. The molecule has 0 saturated carbocycles. The molecule has 1 aromatic carbocycles. The van der Waals surface area contributed by atoms with Crippen molar-refractivity contribution >= 4 is 45.0 Å². The number of hydrogen-bond acceptors (Lipinski definition) is 7. The molecule has 3 aromatic heterocycles. The number of aromatic nitrogens is 3. The Morgan fingerprint density at radius 1 is 1.27 bits per heavy atom. The van der Waals surface area contributed by atoms with Crippen LogP contribution >= 0.6 is 22.9 Å². The normalized spacial score (nSPS) is 12.1. The first-order chi connectivity index (χ1) is 14.5. The van der Waals surface area contributed by atoms with E-state index in [0.717, 1.165) is 15.8 Å². The molecule has 0 radical (unpaired) electrons. The Balaban J connectivity index is 1.58. The third kappa shape index (κ3) is 4.37. The van der Waals surface area contributed by atoms with Crippen LogP contribution in [0.25, 0.3) is 10.2 Å². The van der Waals surface area contributed by atoms with E-state index in [2.05, 4.69) is 20.5 Å². The van der Waals surface area contributed by atoms with Crippen molar-refractivity contribution in [3.8, 4) is 0 Å². The molecule has 30 heavy (non-hydrogen) atoms. The second kappa shape index (κ2) is 8.68. The molecule has 0 bridgehead atoms. The number of hydrogen-bond donors (Lipinski definition) is 2. The van der Waals surface area contributed by atoms with Crippen LogP contribution in [0.5, 0.6) is 0 Å². The summed E-state index contributed by atoms with van der Waals surface area (Å²) in [4.78, 5) is 28.6. The second-order valence-electron chi connectivity index (χ2n) is 6.40. The zero-order chi connectivity index (χ0) is 21.1. The molecule has 4 rings (SSSR count). The lowest BCUT2D eigenvalue weighted by atomic mass is 10.1. The summed E-state index contributed by atoms with van der Waals surface area (Å²) in [6.45, 7) is 1.87. The number of ether oxygens (including phenoxy) is 1. The van der Waals surface area contributed by atoms with E-state index in [0.29, 0.717) is 16.5 Å².